The number of amides is 2. The minimum absolute atomic E-state index is 0.0708. The molecule has 4 heterocycles. The first-order valence-corrected chi connectivity index (χ1v) is 22.8. The van der Waals surface area contributed by atoms with Crippen LogP contribution in [0.1, 0.15) is 70.4 Å². The lowest BCUT2D eigenvalue weighted by atomic mass is 10.0. The van der Waals surface area contributed by atoms with Gasteiger partial charge in [-0.25, -0.2) is 14.4 Å². The van der Waals surface area contributed by atoms with Gasteiger partial charge in [0.25, 0.3) is 11.8 Å². The van der Waals surface area contributed by atoms with Gasteiger partial charge in [0.15, 0.2) is 22.8 Å². The monoisotopic (exact) mass is 1020 g/mol. The van der Waals surface area contributed by atoms with Crippen molar-refractivity contribution in [2.45, 2.75) is 76.8 Å². The number of halogens is 8. The number of nitrogens with one attached hydrogen (secondary N) is 4. The molecule has 4 aromatic heterocycles. The Balaban J connectivity index is 0.000000192. The van der Waals surface area contributed by atoms with E-state index in [-0.39, 0.29) is 54.2 Å². The molecule has 9 rings (SSSR count). The standard InChI is InChI=1S/C28H26F4N4O3.C21H20BrF3N4O/c1-16-11-17(3-7-21(16)27(37)35-19-5-6-19)23-14-34-26-22(33-10-9-28(30,31)32)13-20(15-36(23)26)39-25-12-18(29)4-8-24(25)38-2;1-12-8-13(2-5-16(12)20(30)28-15-3-4-15)18-10-27-19-17(9-14(22)11-29(18)19)26-7-6-21(23,24)25/h3-4,7-8,11-15,19,33H,5-6,9-10H2,1-2H3,(H,35,37);2,5,8-11,15,26H,3-4,6-7H2,1H3,(H,28,30). The number of alkyl halides is 6. The number of benzene rings is 3. The van der Waals surface area contributed by atoms with Crippen molar-refractivity contribution in [3.8, 4) is 39.8 Å². The summed E-state index contributed by atoms with van der Waals surface area (Å²) in [6.07, 6.45) is 0.186. The highest BCUT2D eigenvalue weighted by Crippen LogP contribution is 2.37. The van der Waals surface area contributed by atoms with Crippen LogP contribution in [0.3, 0.4) is 0 Å². The van der Waals surface area contributed by atoms with E-state index < -0.39 is 31.0 Å². The summed E-state index contributed by atoms with van der Waals surface area (Å²) < 4.78 is 105. The molecule has 0 unspecified atom stereocenters. The first-order chi connectivity index (χ1) is 32.8. The Morgan fingerprint density at radius 2 is 1.17 bits per heavy atom. The van der Waals surface area contributed by atoms with E-state index in [1.165, 1.54) is 25.3 Å². The first kappa shape index (κ1) is 48.6. The number of rotatable bonds is 15. The molecular formula is C49H46BrF7N8O4. The third kappa shape index (κ3) is 12.3. The largest absolute Gasteiger partial charge is 0.493 e. The smallest absolute Gasteiger partial charge is 0.390 e. The van der Waals surface area contributed by atoms with Crippen molar-refractivity contribution in [2.24, 2.45) is 0 Å². The Hall–Kier alpha value is -6.83. The summed E-state index contributed by atoms with van der Waals surface area (Å²) in [6, 6.07) is 18.5. The number of ether oxygens (including phenoxy) is 2. The summed E-state index contributed by atoms with van der Waals surface area (Å²) in [5.41, 5.74) is 7.54. The second kappa shape index (κ2) is 20.0. The molecule has 2 aliphatic rings. The van der Waals surface area contributed by atoms with Crippen molar-refractivity contribution in [2.75, 3.05) is 30.8 Å². The predicted octanol–water partition coefficient (Wildman–Crippen LogP) is 11.8. The van der Waals surface area contributed by atoms with Gasteiger partial charge >= 0.3 is 12.4 Å². The quantitative estimate of drug-likeness (QED) is 0.0746. The zero-order valence-corrected chi connectivity index (χ0v) is 39.0. The van der Waals surface area contributed by atoms with Gasteiger partial charge in [-0.15, -0.1) is 0 Å². The molecule has 4 N–H and O–H groups in total. The maximum Gasteiger partial charge on any atom is 0.390 e. The maximum atomic E-state index is 13.9. The number of methoxy groups -OCH3 is 1. The van der Waals surface area contributed by atoms with Crippen LogP contribution in [0.4, 0.5) is 42.1 Å². The molecular weight excluding hydrogens is 977 g/mol. The predicted molar refractivity (Wildman–Crippen MR) is 251 cm³/mol. The van der Waals surface area contributed by atoms with Crippen molar-refractivity contribution in [1.82, 2.24) is 29.4 Å². The Labute approximate surface area is 399 Å². The summed E-state index contributed by atoms with van der Waals surface area (Å²) in [7, 11) is 1.41. The van der Waals surface area contributed by atoms with Crippen LogP contribution in [0, 0.1) is 19.7 Å². The molecule has 7 aromatic rings. The Bertz CT molecular complexity index is 3040. The first-order valence-electron chi connectivity index (χ1n) is 22.0. The summed E-state index contributed by atoms with van der Waals surface area (Å²) in [5.74, 6) is -0.141. The van der Waals surface area contributed by atoms with E-state index in [4.69, 9.17) is 9.47 Å². The summed E-state index contributed by atoms with van der Waals surface area (Å²) >= 11 is 3.42. The van der Waals surface area contributed by atoms with E-state index in [9.17, 15) is 40.3 Å². The number of nitrogens with zero attached hydrogens (tertiary/aromatic N) is 4. The molecule has 2 saturated carbocycles. The highest BCUT2D eigenvalue weighted by molar-refractivity contribution is 9.10. The lowest BCUT2D eigenvalue weighted by Crippen LogP contribution is -2.26. The summed E-state index contributed by atoms with van der Waals surface area (Å²) in [5, 5.41) is 11.6. The lowest BCUT2D eigenvalue weighted by molar-refractivity contribution is -0.132. The van der Waals surface area contributed by atoms with E-state index in [2.05, 4.69) is 47.2 Å². The van der Waals surface area contributed by atoms with Crippen molar-refractivity contribution < 1.29 is 49.8 Å². The average molecular weight is 1020 g/mol. The minimum Gasteiger partial charge on any atom is -0.493 e. The van der Waals surface area contributed by atoms with Gasteiger partial charge in [-0.1, -0.05) is 12.1 Å². The van der Waals surface area contributed by atoms with E-state index in [0.717, 1.165) is 59.7 Å². The van der Waals surface area contributed by atoms with Gasteiger partial charge in [0.05, 0.1) is 61.3 Å². The molecule has 2 aliphatic carbocycles. The van der Waals surface area contributed by atoms with Crippen LogP contribution in [-0.4, -0.2) is 75.2 Å². The number of imidazole rings is 2. The van der Waals surface area contributed by atoms with E-state index in [0.29, 0.717) is 44.0 Å². The molecule has 0 saturated heterocycles. The molecule has 0 atom stereocenters. The normalized spacial score (nSPS) is 13.7. The van der Waals surface area contributed by atoms with Gasteiger partial charge in [0, 0.05) is 70.2 Å². The third-order valence-corrected chi connectivity index (χ3v) is 11.7. The van der Waals surface area contributed by atoms with Crippen molar-refractivity contribution in [3.63, 3.8) is 0 Å². The van der Waals surface area contributed by atoms with E-state index in [1.54, 1.807) is 47.3 Å². The number of aryl methyl sites for hydroxylation is 2. The maximum absolute atomic E-state index is 13.9. The second-order valence-electron chi connectivity index (χ2n) is 16.9. The van der Waals surface area contributed by atoms with Crippen LogP contribution in [0.2, 0.25) is 0 Å². The number of carbonyl (C=O) groups excluding carboxylic acids is 2. The minimum atomic E-state index is -4.34. The van der Waals surface area contributed by atoms with E-state index >= 15 is 0 Å². The van der Waals surface area contributed by atoms with Crippen LogP contribution < -0.4 is 30.7 Å². The number of pyridine rings is 2. The van der Waals surface area contributed by atoms with Crippen LogP contribution in [0.5, 0.6) is 17.2 Å². The lowest BCUT2D eigenvalue weighted by Gasteiger charge is -2.15. The molecule has 0 bridgehead atoms. The van der Waals surface area contributed by atoms with Crippen LogP contribution in [0.15, 0.2) is 96.0 Å². The van der Waals surface area contributed by atoms with Crippen molar-refractivity contribution in [1.29, 1.82) is 0 Å². The summed E-state index contributed by atoms with van der Waals surface area (Å²) in [6.45, 7) is 3.11. The molecule has 362 valence electrons. The second-order valence-corrected chi connectivity index (χ2v) is 17.8. The van der Waals surface area contributed by atoms with Crippen LogP contribution >= 0.6 is 15.9 Å². The summed E-state index contributed by atoms with van der Waals surface area (Å²) in [4.78, 5) is 33.8. The molecule has 12 nitrogen and oxygen atoms in total. The number of hydrogen-bond acceptors (Lipinski definition) is 8. The van der Waals surface area contributed by atoms with Gasteiger partial charge in [0.2, 0.25) is 0 Å². The Morgan fingerprint density at radius 1 is 0.681 bits per heavy atom. The molecule has 3 aromatic carbocycles. The van der Waals surface area contributed by atoms with Gasteiger partial charge in [-0.3, -0.25) is 18.4 Å². The van der Waals surface area contributed by atoms with Crippen molar-refractivity contribution in [3.05, 3.63) is 124 Å². The molecule has 20 heteroatoms. The van der Waals surface area contributed by atoms with Gasteiger partial charge in [0.1, 0.15) is 11.6 Å². The van der Waals surface area contributed by atoms with Crippen LogP contribution in [0.25, 0.3) is 33.8 Å². The molecule has 0 spiro atoms. The topological polar surface area (TPSA) is 135 Å². The number of fused-ring (bicyclic) bond motifs is 2. The Kier molecular flexibility index (Phi) is 14.1. The highest BCUT2D eigenvalue weighted by atomic mass is 79.9. The zero-order chi connectivity index (χ0) is 49.2. The number of carbonyl (C=O) groups is 2. The van der Waals surface area contributed by atoms with Gasteiger partial charge in [-0.05, 0) is 109 Å². The van der Waals surface area contributed by atoms with Crippen LogP contribution in [-0.2, 0) is 0 Å². The fraction of sp³-hybridized carbons (Fsp3) is 0.306. The fourth-order valence-corrected chi connectivity index (χ4v) is 7.97. The highest BCUT2D eigenvalue weighted by Gasteiger charge is 2.29. The Morgan fingerprint density at radius 3 is 1.64 bits per heavy atom. The van der Waals surface area contributed by atoms with Crippen molar-refractivity contribution >= 4 is 50.4 Å². The zero-order valence-electron chi connectivity index (χ0n) is 37.4. The molecule has 0 aliphatic heterocycles. The number of hydrogen-bond donors (Lipinski definition) is 4. The molecule has 0 radical (unpaired) electrons. The molecule has 69 heavy (non-hydrogen) atoms. The third-order valence-electron chi connectivity index (χ3n) is 11.3. The number of aromatic nitrogens is 4. The van der Waals surface area contributed by atoms with Gasteiger partial charge in [-0.2, -0.15) is 26.3 Å². The van der Waals surface area contributed by atoms with Gasteiger partial charge < -0.3 is 30.7 Å². The fourth-order valence-electron chi connectivity index (χ4n) is 7.53. The average Bonchev–Trinajstić information content (AvgIpc) is 4.19. The number of anilines is 2. The van der Waals surface area contributed by atoms with E-state index in [1.807, 2.05) is 42.6 Å². The SMILES string of the molecule is COc1ccc(F)cc1Oc1cc(NCCC(F)(F)F)c2ncc(-c3ccc(C(=O)NC4CC4)c(C)c3)n2c1.Cc1cc(-c2cnc3c(NCCC(F)(F)F)cc(Br)cn23)ccc1C(=O)NC1CC1. The molecule has 2 fully saturated rings. The molecule has 2 amide bonds.